The van der Waals surface area contributed by atoms with Crippen molar-refractivity contribution in [2.24, 2.45) is 0 Å². The number of benzene rings is 9. The van der Waals surface area contributed by atoms with Crippen LogP contribution in [0.25, 0.3) is 0 Å². The van der Waals surface area contributed by atoms with Crippen molar-refractivity contribution >= 4 is 38.9 Å². The first-order valence-corrected chi connectivity index (χ1v) is 25.1. The van der Waals surface area contributed by atoms with Gasteiger partial charge in [0.15, 0.2) is 86.2 Å². The number of rotatable bonds is 17. The molecule has 0 saturated heterocycles. The molecule has 4 nitrogen and oxygen atoms in total. The Morgan fingerprint density at radius 3 is 0.726 bits per heavy atom. The molecule has 0 aromatic heterocycles. The monoisotopic (exact) mass is 1210 g/mol. The van der Waals surface area contributed by atoms with E-state index in [9.17, 15) is 52.7 Å². The molecule has 9 aromatic carbocycles. The molecule has 0 aliphatic rings. The Hall–Kier alpha value is -8.81. The molecule has 0 aliphatic carbocycles. The number of hydrogen-bond donors (Lipinski definition) is 0. The lowest BCUT2D eigenvalue weighted by Gasteiger charge is -2.44. The normalized spacial score (nSPS) is 11.4. The van der Waals surface area contributed by atoms with Gasteiger partial charge in [0.05, 0.1) is 0 Å². The van der Waals surface area contributed by atoms with E-state index in [1.54, 1.807) is 0 Å². The van der Waals surface area contributed by atoms with Crippen LogP contribution >= 0.6 is 0 Å². The van der Waals surface area contributed by atoms with Gasteiger partial charge in [0, 0.05) is 0 Å². The predicted molar refractivity (Wildman–Crippen MR) is 266 cm³/mol. The smallest absolute Gasteiger partial charge is 0.208 e. The van der Waals surface area contributed by atoms with Crippen LogP contribution in [-0.2, 0) is 10.9 Å². The Balaban J connectivity index is 0.000000221. The summed E-state index contributed by atoms with van der Waals surface area (Å²) in [7, 11) is -0.452. The van der Waals surface area contributed by atoms with Crippen molar-refractivity contribution in [3.63, 3.8) is 0 Å². The van der Waals surface area contributed by atoms with Crippen molar-refractivity contribution in [2.45, 2.75) is 14.7 Å². The zero-order valence-electron chi connectivity index (χ0n) is 41.8. The van der Waals surface area contributed by atoms with Crippen LogP contribution < -0.4 is 40.8 Å². The molecule has 26 heteroatoms. The van der Waals surface area contributed by atoms with Crippen molar-refractivity contribution in [1.29, 1.82) is 0 Å². The molecule has 0 unspecified atom stereocenters. The van der Waals surface area contributed by atoms with E-state index in [0.29, 0.717) is 26.4 Å². The van der Waals surface area contributed by atoms with E-state index in [1.807, 2.05) is 91.0 Å². The summed E-state index contributed by atoms with van der Waals surface area (Å²) < 4.78 is 318. The molecular weight excluding hydrogens is 1180 g/mol. The van der Waals surface area contributed by atoms with Crippen LogP contribution in [0.3, 0.4) is 0 Å². The Morgan fingerprint density at radius 2 is 0.452 bits per heavy atom. The van der Waals surface area contributed by atoms with Gasteiger partial charge in [-0.25, -0.2) is 87.8 Å². The molecule has 0 bridgehead atoms. The zero-order chi connectivity index (χ0) is 60.9. The SMILES string of the molecule is Fc1c(F)c(F)c([B-](c2c(F)c(F)c(F)c(F)c2F)(c2c(F)c(F)c(F)c(F)c2F)c2c(F)c(F)c(F)c(F)c2F)c(F)c1F.c1ccc(OCCOc2ccccc2[S+](c2ccccc2)c2ccccc2OCCOc2ccccc2)cc1. The molecule has 0 atom stereocenters. The largest absolute Gasteiger partial charge is 0.490 e. The highest BCUT2D eigenvalue weighted by Gasteiger charge is 2.52. The molecule has 0 radical (unpaired) electrons. The average molecular weight is 1210 g/mol. The lowest BCUT2D eigenvalue weighted by atomic mass is 9.12. The Labute approximate surface area is 464 Å². The van der Waals surface area contributed by atoms with Gasteiger partial charge in [0.1, 0.15) is 102 Å². The Kier molecular flexibility index (Phi) is 18.8. The van der Waals surface area contributed by atoms with Crippen LogP contribution in [0.1, 0.15) is 0 Å². The Bertz CT molecular complexity index is 3410. The maximum Gasteiger partial charge on any atom is 0.208 e. The second-order valence-corrected chi connectivity index (χ2v) is 19.3. The highest BCUT2D eigenvalue weighted by atomic mass is 32.2. The van der Waals surface area contributed by atoms with Gasteiger partial charge in [-0.2, -0.15) is 0 Å². The topological polar surface area (TPSA) is 36.9 Å². The molecule has 84 heavy (non-hydrogen) atoms. The first kappa shape index (κ1) is 61.3. The van der Waals surface area contributed by atoms with Crippen LogP contribution in [0, 0.1) is 116 Å². The van der Waals surface area contributed by atoms with Crippen molar-refractivity contribution in [1.82, 2.24) is 0 Å². The van der Waals surface area contributed by atoms with Crippen LogP contribution in [0.2, 0.25) is 0 Å². The maximum atomic E-state index is 15.4. The molecule has 9 rings (SSSR count). The van der Waals surface area contributed by atoms with Gasteiger partial charge in [-0.05, 0) is 60.7 Å². The highest BCUT2D eigenvalue weighted by Crippen LogP contribution is 2.41. The van der Waals surface area contributed by atoms with Gasteiger partial charge in [0.2, 0.25) is 9.79 Å². The van der Waals surface area contributed by atoms with E-state index in [1.165, 1.54) is 4.90 Å². The highest BCUT2D eigenvalue weighted by molar-refractivity contribution is 7.97. The van der Waals surface area contributed by atoms with Crippen molar-refractivity contribution < 1.29 is 107 Å². The lowest BCUT2D eigenvalue weighted by Crippen LogP contribution is -2.81. The second kappa shape index (κ2) is 25.8. The van der Waals surface area contributed by atoms with Gasteiger partial charge in [-0.15, -0.1) is 21.9 Å². The molecule has 0 amide bonds. The molecule has 9 aromatic rings. The van der Waals surface area contributed by atoms with Crippen molar-refractivity contribution in [3.8, 4) is 23.0 Å². The number of ether oxygens (including phenoxy) is 4. The minimum Gasteiger partial charge on any atom is -0.490 e. The number of halogens is 20. The fraction of sp³-hybridized carbons (Fsp3) is 0.0690. The zero-order valence-corrected chi connectivity index (χ0v) is 42.6. The first-order valence-electron chi connectivity index (χ1n) is 23.9. The van der Waals surface area contributed by atoms with Crippen LogP contribution in [0.4, 0.5) is 87.8 Å². The minimum absolute atomic E-state index is 0.437. The number of hydrogen-bond acceptors (Lipinski definition) is 4. The molecule has 0 N–H and O–H groups in total. The summed E-state index contributed by atoms with van der Waals surface area (Å²) in [6.45, 7) is 1.79. The minimum atomic E-state index is -7.22. The quantitative estimate of drug-likeness (QED) is 0.0227. The fourth-order valence-electron chi connectivity index (χ4n) is 8.94. The average Bonchev–Trinajstić information content (AvgIpc) is 0.726. The van der Waals surface area contributed by atoms with E-state index >= 15 is 35.1 Å². The molecule has 0 heterocycles. The van der Waals surface area contributed by atoms with E-state index in [-0.39, 0.29) is 0 Å². The van der Waals surface area contributed by atoms with E-state index < -0.39 is 155 Å². The maximum absolute atomic E-state index is 15.4. The molecular formula is C58H31BF20O4S. The van der Waals surface area contributed by atoms with Gasteiger partial charge in [-0.3, -0.25) is 0 Å². The van der Waals surface area contributed by atoms with Gasteiger partial charge < -0.3 is 18.9 Å². The summed E-state index contributed by atoms with van der Waals surface area (Å²) >= 11 is 0. The lowest BCUT2D eigenvalue weighted by molar-refractivity contribution is 0.213. The van der Waals surface area contributed by atoms with Crippen LogP contribution in [-0.4, -0.2) is 32.6 Å². The Morgan fingerprint density at radius 1 is 0.238 bits per heavy atom. The molecule has 436 valence electrons. The van der Waals surface area contributed by atoms with Crippen molar-refractivity contribution in [2.75, 3.05) is 26.4 Å². The third-order valence-electron chi connectivity index (χ3n) is 12.5. The summed E-state index contributed by atoms with van der Waals surface area (Å²) in [6.07, 6.45) is -7.22. The standard InChI is InChI=1S/C34H31O4S.C24BF20/c1-4-14-28(15-5-1)35-24-26-37-31-20-10-12-22-33(31)39(30-18-8-3-9-19-30)34-23-13-11-21-32(34)38-27-25-36-29-16-6-2-7-17-29;26-5-1(6(27)14(35)21(42)13(5)34)25(2-7(28)15(36)22(43)16(37)8(2)29,3-9(30)17(38)23(44)18(39)10(3)31)4-11(32)19(40)24(45)20(41)12(4)33/h1-23H,24-27H2;/q+1;-1. The molecule has 0 saturated carbocycles. The van der Waals surface area contributed by atoms with Gasteiger partial charge in [-0.1, -0.05) is 78.9 Å². The molecule has 0 fully saturated rings. The first-order chi connectivity index (χ1) is 40.1. The van der Waals surface area contributed by atoms with Crippen molar-refractivity contribution in [3.05, 3.63) is 256 Å². The summed E-state index contributed by atoms with van der Waals surface area (Å²) in [5.41, 5.74) is -14.3. The van der Waals surface area contributed by atoms with Crippen LogP contribution in [0.15, 0.2) is 154 Å². The van der Waals surface area contributed by atoms with Crippen LogP contribution in [0.5, 0.6) is 23.0 Å². The summed E-state index contributed by atoms with van der Waals surface area (Å²) in [6, 6.07) is 46.6. The predicted octanol–water partition coefficient (Wildman–Crippen LogP) is 13.5. The van der Waals surface area contributed by atoms with Gasteiger partial charge >= 0.3 is 0 Å². The molecule has 0 spiro atoms. The second-order valence-electron chi connectivity index (χ2n) is 17.3. The van der Waals surface area contributed by atoms with E-state index in [2.05, 4.69) is 48.5 Å². The fourth-order valence-corrected chi connectivity index (χ4v) is 11.2. The summed E-state index contributed by atoms with van der Waals surface area (Å²) in [5.74, 6) is -68.1. The van der Waals surface area contributed by atoms with E-state index in [0.717, 1.165) is 32.8 Å². The van der Waals surface area contributed by atoms with Gasteiger partial charge in [0.25, 0.3) is 0 Å². The number of para-hydroxylation sites is 4. The molecule has 0 aliphatic heterocycles. The summed E-state index contributed by atoms with van der Waals surface area (Å²) in [4.78, 5) is 3.38. The summed E-state index contributed by atoms with van der Waals surface area (Å²) in [5, 5.41) is 0. The third-order valence-corrected chi connectivity index (χ3v) is 14.8. The van der Waals surface area contributed by atoms with E-state index in [4.69, 9.17) is 18.9 Å². The third kappa shape index (κ3) is 11.4.